The second kappa shape index (κ2) is 5.16. The first-order chi connectivity index (χ1) is 8.83. The third-order valence-corrected chi connectivity index (χ3v) is 8.10. The van der Waals surface area contributed by atoms with Crippen LogP contribution in [0.15, 0.2) is 20.1 Å². The molecule has 19 heavy (non-hydrogen) atoms. The Kier molecular flexibility index (Phi) is 4.06. The van der Waals surface area contributed by atoms with E-state index in [0.717, 1.165) is 11.3 Å². The van der Waals surface area contributed by atoms with Crippen molar-refractivity contribution in [1.82, 2.24) is 4.31 Å². The summed E-state index contributed by atoms with van der Waals surface area (Å²) in [5.74, 6) is -0.919. The number of carbonyl (C=O) groups is 1. The highest BCUT2D eigenvalue weighted by atomic mass is 79.9. The van der Waals surface area contributed by atoms with Crippen molar-refractivity contribution in [3.05, 3.63) is 15.9 Å². The average molecular weight is 368 g/mol. The van der Waals surface area contributed by atoms with Gasteiger partial charge in [0.2, 0.25) is 0 Å². The zero-order valence-corrected chi connectivity index (χ0v) is 13.5. The quantitative estimate of drug-likeness (QED) is 0.886. The van der Waals surface area contributed by atoms with Gasteiger partial charge in [-0.05, 0) is 40.2 Å². The summed E-state index contributed by atoms with van der Waals surface area (Å²) < 4.78 is 27.0. The van der Waals surface area contributed by atoms with Crippen LogP contribution in [0.3, 0.4) is 0 Å². The summed E-state index contributed by atoms with van der Waals surface area (Å²) >= 11 is 4.35. The standard InChI is InChI=1S/C11H14BrNO4S2/c1-2-11(10(14)15)4-5-13(7-11)19(16,17)9-8(12)3-6-18-9/h3,6H,2,4-5,7H2,1H3,(H,14,15). The van der Waals surface area contributed by atoms with Crippen molar-refractivity contribution in [2.75, 3.05) is 13.1 Å². The molecule has 106 valence electrons. The third kappa shape index (κ3) is 2.46. The average Bonchev–Trinajstić information content (AvgIpc) is 2.95. The zero-order valence-electron chi connectivity index (χ0n) is 10.3. The van der Waals surface area contributed by atoms with Gasteiger partial charge in [-0.2, -0.15) is 4.31 Å². The molecule has 1 atom stereocenters. The lowest BCUT2D eigenvalue weighted by Gasteiger charge is -2.22. The highest BCUT2D eigenvalue weighted by Gasteiger charge is 2.47. The fraction of sp³-hybridized carbons (Fsp3) is 0.545. The Bertz CT molecular complexity index is 598. The Morgan fingerprint density at radius 2 is 2.32 bits per heavy atom. The van der Waals surface area contributed by atoms with Crippen molar-refractivity contribution in [3.8, 4) is 0 Å². The predicted molar refractivity (Wildman–Crippen MR) is 75.8 cm³/mol. The third-order valence-electron chi connectivity index (χ3n) is 3.61. The molecular weight excluding hydrogens is 354 g/mol. The van der Waals surface area contributed by atoms with Crippen molar-refractivity contribution >= 4 is 43.3 Å². The van der Waals surface area contributed by atoms with Crippen LogP contribution in [0, 0.1) is 5.41 Å². The lowest BCUT2D eigenvalue weighted by molar-refractivity contribution is -0.148. The van der Waals surface area contributed by atoms with Crippen LogP contribution in [-0.4, -0.2) is 36.9 Å². The monoisotopic (exact) mass is 367 g/mol. The SMILES string of the molecule is CCC1(C(=O)O)CCN(S(=O)(=O)c2sccc2Br)C1. The molecule has 0 aromatic carbocycles. The predicted octanol–water partition coefficient (Wildman–Crippen LogP) is 2.39. The Labute approximate surface area is 124 Å². The van der Waals surface area contributed by atoms with Crippen LogP contribution in [0.5, 0.6) is 0 Å². The van der Waals surface area contributed by atoms with Crippen LogP contribution in [0.4, 0.5) is 0 Å². The minimum Gasteiger partial charge on any atom is -0.481 e. The van der Waals surface area contributed by atoms with Crippen LogP contribution in [-0.2, 0) is 14.8 Å². The van der Waals surface area contributed by atoms with Gasteiger partial charge in [0.05, 0.1) is 5.41 Å². The molecule has 0 bridgehead atoms. The molecule has 5 nitrogen and oxygen atoms in total. The summed E-state index contributed by atoms with van der Waals surface area (Å²) in [6, 6.07) is 1.68. The maximum Gasteiger partial charge on any atom is 0.311 e. The number of sulfonamides is 1. The number of nitrogens with zero attached hydrogens (tertiary/aromatic N) is 1. The van der Waals surface area contributed by atoms with E-state index in [2.05, 4.69) is 15.9 Å². The van der Waals surface area contributed by atoms with Crippen molar-refractivity contribution in [2.24, 2.45) is 5.41 Å². The molecule has 1 aliphatic heterocycles. The van der Waals surface area contributed by atoms with Gasteiger partial charge < -0.3 is 5.11 Å². The summed E-state index contributed by atoms with van der Waals surface area (Å²) in [5, 5.41) is 11.0. The molecule has 1 saturated heterocycles. The number of rotatable bonds is 4. The molecule has 0 amide bonds. The second-order valence-corrected chi connectivity index (χ2v) is 8.49. The molecule has 0 radical (unpaired) electrons. The highest BCUT2D eigenvalue weighted by molar-refractivity contribution is 9.10. The van der Waals surface area contributed by atoms with Crippen LogP contribution in [0.25, 0.3) is 0 Å². The first-order valence-electron chi connectivity index (χ1n) is 5.80. The van der Waals surface area contributed by atoms with Gasteiger partial charge in [-0.25, -0.2) is 8.42 Å². The number of aliphatic carboxylic acids is 1. The van der Waals surface area contributed by atoms with Crippen molar-refractivity contribution in [1.29, 1.82) is 0 Å². The summed E-state index contributed by atoms with van der Waals surface area (Å²) in [6.07, 6.45) is 0.793. The fourth-order valence-corrected chi connectivity index (χ4v) is 6.21. The molecule has 0 aliphatic carbocycles. The number of hydrogen-bond donors (Lipinski definition) is 1. The van der Waals surface area contributed by atoms with Gasteiger partial charge >= 0.3 is 5.97 Å². The highest BCUT2D eigenvalue weighted by Crippen LogP contribution is 2.39. The molecule has 1 fully saturated rings. The normalized spacial score (nSPS) is 24.7. The van der Waals surface area contributed by atoms with Crippen molar-refractivity contribution in [2.45, 2.75) is 24.0 Å². The molecule has 1 unspecified atom stereocenters. The Morgan fingerprint density at radius 1 is 1.63 bits per heavy atom. The Balaban J connectivity index is 2.31. The topological polar surface area (TPSA) is 74.7 Å². The van der Waals surface area contributed by atoms with E-state index in [9.17, 15) is 18.3 Å². The van der Waals surface area contributed by atoms with Gasteiger partial charge in [-0.15, -0.1) is 11.3 Å². The van der Waals surface area contributed by atoms with Gasteiger partial charge in [0.15, 0.2) is 0 Å². The molecule has 1 aliphatic rings. The summed E-state index contributed by atoms with van der Waals surface area (Å²) in [7, 11) is -3.60. The Morgan fingerprint density at radius 3 is 2.74 bits per heavy atom. The number of thiophene rings is 1. The first kappa shape index (κ1) is 15.0. The zero-order chi connectivity index (χ0) is 14.3. The van der Waals surface area contributed by atoms with Crippen LogP contribution >= 0.6 is 27.3 Å². The van der Waals surface area contributed by atoms with Crippen LogP contribution in [0.2, 0.25) is 0 Å². The molecular formula is C11H14BrNO4S2. The number of hydrogen-bond acceptors (Lipinski definition) is 4. The summed E-state index contributed by atoms with van der Waals surface area (Å²) in [5.41, 5.74) is -0.948. The molecule has 1 aromatic rings. The van der Waals surface area contributed by atoms with Gasteiger partial charge in [0, 0.05) is 17.6 Å². The summed E-state index contributed by atoms with van der Waals surface area (Å²) in [6.45, 7) is 2.09. The fourth-order valence-electron chi connectivity index (χ4n) is 2.24. The van der Waals surface area contributed by atoms with Gasteiger partial charge in [-0.1, -0.05) is 6.92 Å². The molecule has 0 spiro atoms. The van der Waals surface area contributed by atoms with E-state index >= 15 is 0 Å². The maximum atomic E-state index is 12.5. The number of carboxylic acids is 1. The van der Waals surface area contributed by atoms with Crippen LogP contribution in [0.1, 0.15) is 19.8 Å². The van der Waals surface area contributed by atoms with E-state index in [1.165, 1.54) is 4.31 Å². The Hall–Kier alpha value is -0.440. The van der Waals surface area contributed by atoms with Gasteiger partial charge in [-0.3, -0.25) is 4.79 Å². The summed E-state index contributed by atoms with van der Waals surface area (Å²) in [4.78, 5) is 11.4. The van der Waals surface area contributed by atoms with E-state index < -0.39 is 21.4 Å². The van der Waals surface area contributed by atoms with Crippen molar-refractivity contribution < 1.29 is 18.3 Å². The molecule has 2 heterocycles. The maximum absolute atomic E-state index is 12.5. The van der Waals surface area contributed by atoms with Crippen molar-refractivity contribution in [3.63, 3.8) is 0 Å². The van der Waals surface area contributed by atoms with Crippen LogP contribution < -0.4 is 0 Å². The van der Waals surface area contributed by atoms with E-state index in [1.807, 2.05) is 0 Å². The smallest absolute Gasteiger partial charge is 0.311 e. The number of carboxylic acid groups (broad SMARTS) is 1. The molecule has 1 aromatic heterocycles. The molecule has 0 saturated carbocycles. The molecule has 1 N–H and O–H groups in total. The first-order valence-corrected chi connectivity index (χ1v) is 8.91. The number of halogens is 1. The van der Waals surface area contributed by atoms with Gasteiger partial charge in [0.25, 0.3) is 10.0 Å². The molecule has 8 heteroatoms. The van der Waals surface area contributed by atoms with E-state index in [1.54, 1.807) is 18.4 Å². The van der Waals surface area contributed by atoms with Gasteiger partial charge in [0.1, 0.15) is 4.21 Å². The van der Waals surface area contributed by atoms with E-state index in [4.69, 9.17) is 0 Å². The molecule has 2 rings (SSSR count). The lowest BCUT2D eigenvalue weighted by Crippen LogP contribution is -2.36. The van der Waals surface area contributed by atoms with E-state index in [-0.39, 0.29) is 17.3 Å². The second-order valence-electron chi connectivity index (χ2n) is 4.58. The largest absolute Gasteiger partial charge is 0.481 e. The minimum atomic E-state index is -3.60. The van der Waals surface area contributed by atoms with E-state index in [0.29, 0.717) is 17.3 Å². The lowest BCUT2D eigenvalue weighted by atomic mass is 9.85. The minimum absolute atomic E-state index is 0.0471.